The Bertz CT molecular complexity index is 951. The molecular formula is C23H20N2O2. The van der Waals surface area contributed by atoms with Crippen LogP contribution in [0.15, 0.2) is 90.0 Å². The maximum absolute atomic E-state index is 13.1. The zero-order chi connectivity index (χ0) is 18.6. The first-order valence-electron chi connectivity index (χ1n) is 8.92. The molecular weight excluding hydrogens is 336 g/mol. The van der Waals surface area contributed by atoms with Crippen molar-refractivity contribution in [2.45, 2.75) is 12.5 Å². The highest BCUT2D eigenvalue weighted by Crippen LogP contribution is 2.34. The third-order valence-corrected chi connectivity index (χ3v) is 4.75. The Labute approximate surface area is 158 Å². The molecule has 0 spiro atoms. The van der Waals surface area contributed by atoms with Crippen molar-refractivity contribution in [1.82, 2.24) is 5.01 Å². The topological polar surface area (TPSA) is 41.9 Å². The summed E-state index contributed by atoms with van der Waals surface area (Å²) in [4.78, 5) is 13.1. The number of methoxy groups -OCH3 is 1. The minimum atomic E-state index is -0.140. The highest BCUT2D eigenvalue weighted by Gasteiger charge is 2.33. The molecule has 1 aliphatic rings. The van der Waals surface area contributed by atoms with E-state index in [2.05, 4.69) is 0 Å². The van der Waals surface area contributed by atoms with Crippen LogP contribution in [0.3, 0.4) is 0 Å². The van der Waals surface area contributed by atoms with Gasteiger partial charge in [0.25, 0.3) is 5.91 Å². The van der Waals surface area contributed by atoms with E-state index in [0.29, 0.717) is 12.0 Å². The lowest BCUT2D eigenvalue weighted by atomic mass is 9.98. The molecule has 0 aliphatic carbocycles. The van der Waals surface area contributed by atoms with Gasteiger partial charge in [-0.15, -0.1) is 0 Å². The van der Waals surface area contributed by atoms with Crippen LogP contribution < -0.4 is 4.74 Å². The predicted molar refractivity (Wildman–Crippen MR) is 106 cm³/mol. The number of rotatable bonds is 4. The molecule has 1 aliphatic heterocycles. The number of carbonyl (C=O) groups excluding carboxylic acids is 1. The van der Waals surface area contributed by atoms with Crippen molar-refractivity contribution in [3.8, 4) is 5.75 Å². The minimum Gasteiger partial charge on any atom is -0.497 e. The Morgan fingerprint density at radius 1 is 0.926 bits per heavy atom. The minimum absolute atomic E-state index is 0.0950. The van der Waals surface area contributed by atoms with Crippen molar-refractivity contribution >= 4 is 11.6 Å². The summed E-state index contributed by atoms with van der Waals surface area (Å²) < 4.78 is 5.26. The van der Waals surface area contributed by atoms with Crippen molar-refractivity contribution in [1.29, 1.82) is 0 Å². The van der Waals surface area contributed by atoms with Crippen LogP contribution in [0.1, 0.15) is 33.9 Å². The maximum atomic E-state index is 13.1. The molecule has 4 nitrogen and oxygen atoms in total. The summed E-state index contributed by atoms with van der Waals surface area (Å²) in [6.45, 7) is 0. The van der Waals surface area contributed by atoms with Gasteiger partial charge in [-0.3, -0.25) is 4.79 Å². The van der Waals surface area contributed by atoms with Gasteiger partial charge in [0.05, 0.1) is 18.9 Å². The smallest absolute Gasteiger partial charge is 0.274 e. The molecule has 0 bridgehead atoms. The summed E-state index contributed by atoms with van der Waals surface area (Å²) in [6.07, 6.45) is 0.676. The largest absolute Gasteiger partial charge is 0.497 e. The molecule has 3 aromatic carbocycles. The molecule has 0 fully saturated rings. The molecule has 0 unspecified atom stereocenters. The number of hydrazone groups is 1. The first-order valence-corrected chi connectivity index (χ1v) is 8.92. The van der Waals surface area contributed by atoms with Gasteiger partial charge in [-0.25, -0.2) is 5.01 Å². The van der Waals surface area contributed by atoms with Gasteiger partial charge >= 0.3 is 0 Å². The van der Waals surface area contributed by atoms with Gasteiger partial charge < -0.3 is 4.74 Å². The lowest BCUT2D eigenvalue weighted by molar-refractivity contribution is 0.0711. The van der Waals surface area contributed by atoms with Crippen molar-refractivity contribution in [3.63, 3.8) is 0 Å². The Hall–Kier alpha value is -3.40. The van der Waals surface area contributed by atoms with Gasteiger partial charge in [0.15, 0.2) is 0 Å². The van der Waals surface area contributed by atoms with Crippen LogP contribution in [-0.4, -0.2) is 23.7 Å². The SMILES string of the molecule is COc1ccc([C@@H]2CC(c3ccccc3)=NN2C(=O)c2ccccc2)cc1. The normalized spacial score (nSPS) is 16.1. The van der Waals surface area contributed by atoms with Crippen molar-refractivity contribution in [3.05, 3.63) is 102 Å². The average molecular weight is 356 g/mol. The molecule has 0 aromatic heterocycles. The van der Waals surface area contributed by atoms with Crippen LogP contribution in [0.25, 0.3) is 0 Å². The highest BCUT2D eigenvalue weighted by molar-refractivity contribution is 6.05. The molecule has 27 heavy (non-hydrogen) atoms. The van der Waals surface area contributed by atoms with Gasteiger partial charge in [-0.05, 0) is 35.4 Å². The Kier molecular flexibility index (Phi) is 4.71. The van der Waals surface area contributed by atoms with E-state index in [9.17, 15) is 4.79 Å². The monoisotopic (exact) mass is 356 g/mol. The van der Waals surface area contributed by atoms with Crippen LogP contribution in [0.4, 0.5) is 0 Å². The van der Waals surface area contributed by atoms with Crippen molar-refractivity contribution < 1.29 is 9.53 Å². The van der Waals surface area contributed by atoms with Gasteiger partial charge in [-0.1, -0.05) is 60.7 Å². The van der Waals surface area contributed by atoms with Gasteiger partial charge in [-0.2, -0.15) is 5.10 Å². The summed E-state index contributed by atoms with van der Waals surface area (Å²) in [5, 5.41) is 6.31. The van der Waals surface area contributed by atoms with Crippen LogP contribution in [0.2, 0.25) is 0 Å². The number of nitrogens with zero attached hydrogens (tertiary/aromatic N) is 2. The molecule has 0 saturated heterocycles. The van der Waals surface area contributed by atoms with E-state index in [-0.39, 0.29) is 11.9 Å². The third-order valence-electron chi connectivity index (χ3n) is 4.75. The molecule has 1 atom stereocenters. The molecule has 4 heteroatoms. The van der Waals surface area contributed by atoms with Crippen LogP contribution in [0, 0.1) is 0 Å². The number of ether oxygens (including phenoxy) is 1. The lowest BCUT2D eigenvalue weighted by Gasteiger charge is -2.22. The highest BCUT2D eigenvalue weighted by atomic mass is 16.5. The van der Waals surface area contributed by atoms with E-state index in [0.717, 1.165) is 22.6 Å². The molecule has 4 rings (SSSR count). The number of amides is 1. The van der Waals surface area contributed by atoms with E-state index in [4.69, 9.17) is 9.84 Å². The summed E-state index contributed by atoms with van der Waals surface area (Å²) in [5.41, 5.74) is 3.63. The zero-order valence-corrected chi connectivity index (χ0v) is 15.1. The first-order chi connectivity index (χ1) is 13.3. The number of hydrogen-bond donors (Lipinski definition) is 0. The van der Waals surface area contributed by atoms with Gasteiger partial charge in [0, 0.05) is 12.0 Å². The number of benzene rings is 3. The Balaban J connectivity index is 1.71. The predicted octanol–water partition coefficient (Wildman–Crippen LogP) is 4.69. The van der Waals surface area contributed by atoms with E-state index >= 15 is 0 Å². The summed E-state index contributed by atoms with van der Waals surface area (Å²) in [7, 11) is 1.65. The molecule has 0 radical (unpaired) electrons. The lowest BCUT2D eigenvalue weighted by Crippen LogP contribution is -2.27. The molecule has 134 valence electrons. The second kappa shape index (κ2) is 7.46. The molecule has 0 N–H and O–H groups in total. The average Bonchev–Trinajstić information content (AvgIpc) is 3.20. The summed E-state index contributed by atoms with van der Waals surface area (Å²) >= 11 is 0. The van der Waals surface area contributed by atoms with E-state index < -0.39 is 0 Å². The quantitative estimate of drug-likeness (QED) is 0.681. The molecule has 0 saturated carbocycles. The van der Waals surface area contributed by atoms with Crippen molar-refractivity contribution in [2.24, 2.45) is 5.10 Å². The Morgan fingerprint density at radius 2 is 1.56 bits per heavy atom. The standard InChI is InChI=1S/C23H20N2O2/c1-27-20-14-12-18(13-15-20)22-16-21(17-8-4-2-5-9-17)24-25(22)23(26)19-10-6-3-7-11-19/h2-15,22H,16H2,1H3/t22-/m0/s1. The first kappa shape index (κ1) is 17.0. The second-order valence-corrected chi connectivity index (χ2v) is 6.42. The molecule has 3 aromatic rings. The van der Waals surface area contributed by atoms with Gasteiger partial charge in [0.2, 0.25) is 0 Å². The summed E-state index contributed by atoms with van der Waals surface area (Å²) in [6, 6.07) is 27.0. The molecule has 1 amide bonds. The maximum Gasteiger partial charge on any atom is 0.274 e. The number of hydrogen-bond acceptors (Lipinski definition) is 3. The van der Waals surface area contributed by atoms with E-state index in [1.807, 2.05) is 84.9 Å². The van der Waals surface area contributed by atoms with Crippen LogP contribution in [0.5, 0.6) is 5.75 Å². The summed E-state index contributed by atoms with van der Waals surface area (Å²) in [5.74, 6) is 0.698. The fourth-order valence-electron chi connectivity index (χ4n) is 3.30. The zero-order valence-electron chi connectivity index (χ0n) is 15.1. The fourth-order valence-corrected chi connectivity index (χ4v) is 3.30. The van der Waals surface area contributed by atoms with E-state index in [1.54, 1.807) is 12.1 Å². The third kappa shape index (κ3) is 3.47. The fraction of sp³-hybridized carbons (Fsp3) is 0.130. The van der Waals surface area contributed by atoms with E-state index in [1.165, 1.54) is 0 Å². The van der Waals surface area contributed by atoms with Crippen molar-refractivity contribution in [2.75, 3.05) is 7.11 Å². The van der Waals surface area contributed by atoms with Crippen LogP contribution in [-0.2, 0) is 0 Å². The van der Waals surface area contributed by atoms with Gasteiger partial charge in [0.1, 0.15) is 5.75 Å². The molecule has 1 heterocycles. The second-order valence-electron chi connectivity index (χ2n) is 6.42. The number of carbonyl (C=O) groups is 1. The van der Waals surface area contributed by atoms with Crippen LogP contribution >= 0.6 is 0 Å². The Morgan fingerprint density at radius 3 is 2.19 bits per heavy atom.